The highest BCUT2D eigenvalue weighted by atomic mass is 16.8. The van der Waals surface area contributed by atoms with E-state index in [0.717, 1.165) is 62.3 Å². The Hall–Kier alpha value is -5.94. The van der Waals surface area contributed by atoms with Crippen LogP contribution in [-0.2, 0) is 90.3 Å². The average Bonchev–Trinajstić information content (AvgIpc) is 3.07. The number of carbonyl (C=O) groups is 10. The van der Waals surface area contributed by atoms with Crippen LogP contribution in [0.4, 0.5) is 19.2 Å². The molecule has 0 fully saturated rings. The van der Waals surface area contributed by atoms with Gasteiger partial charge in [-0.15, -0.1) is 0 Å². The predicted octanol–water partition coefficient (Wildman–Crippen LogP) is 8.02. The molecule has 0 aliphatic heterocycles. The highest BCUT2D eigenvalue weighted by molar-refractivity contribution is 6.44. The van der Waals surface area contributed by atoms with E-state index in [0.29, 0.717) is 0 Å². The first-order valence-corrected chi connectivity index (χ1v) is 23.8. The van der Waals surface area contributed by atoms with Gasteiger partial charge in [0.1, 0.15) is 50.4 Å². The number of ether oxygens (including phenoxy) is 13. The summed E-state index contributed by atoms with van der Waals surface area (Å²) in [6.07, 6.45) is -9.06. The van der Waals surface area contributed by atoms with Crippen LogP contribution in [0.1, 0.15) is 187 Å². The standard InChI is InChI=1S/C51H84O24/c1-39(2,3)63-30(54)29(53)49(32(56)65-41(7,8)9,73-36(60)69-45(19,20)21)51(34(58)67-43(13,14)15,75-38(62)71-47(25,26)27)50(33(57)66-42(10,11)12,74-37(61)70-46(22,23)24)48(28-52,31(55)64-40(4,5)6)72-35(59)68-44(16,17)18/h52H,28H2,1-27H3/t48-,49+,50+,51+/m0/s1. The first-order chi connectivity index (χ1) is 32.8. The first-order valence-electron chi connectivity index (χ1n) is 23.8. The summed E-state index contributed by atoms with van der Waals surface area (Å²) < 4.78 is 73.8. The Morgan fingerprint density at radius 2 is 0.507 bits per heavy atom. The third kappa shape index (κ3) is 19.6. The number of aliphatic hydroxyl groups is 1. The SMILES string of the molecule is CC(C)(C)OC(=O)O[C@@](C(=O)OC(C)(C)C)(C(=O)C(=O)OC(C)(C)C)[C@](OC(=O)OC(C)(C)C)(C(=O)OC(C)(C)C)[C@@](OC(=O)OC(C)(C)C)(C(=O)OC(C)(C)C)[C@@](CO)(OC(=O)OC(C)(C)C)C(=O)OC(C)(C)C. The highest BCUT2D eigenvalue weighted by Gasteiger charge is 2.95. The topological polar surface area (TPSA) is 311 Å². The number of rotatable bonds is 14. The van der Waals surface area contributed by atoms with Crippen molar-refractivity contribution in [2.45, 2.75) is 260 Å². The lowest BCUT2D eigenvalue weighted by molar-refractivity contribution is -0.306. The summed E-state index contributed by atoms with van der Waals surface area (Å²) in [6, 6.07) is 0. The maximum atomic E-state index is 16.6. The molecule has 24 nitrogen and oxygen atoms in total. The highest BCUT2D eigenvalue weighted by Crippen LogP contribution is 2.55. The minimum Gasteiger partial charge on any atom is -0.457 e. The molecule has 0 radical (unpaired) electrons. The van der Waals surface area contributed by atoms with Gasteiger partial charge in [0, 0.05) is 0 Å². The third-order valence-corrected chi connectivity index (χ3v) is 8.00. The number of hydrogen-bond acceptors (Lipinski definition) is 24. The average molecular weight is 1080 g/mol. The van der Waals surface area contributed by atoms with E-state index in [1.54, 1.807) is 0 Å². The molecule has 0 aromatic carbocycles. The molecule has 24 heteroatoms. The lowest BCUT2D eigenvalue weighted by Gasteiger charge is -2.55. The Morgan fingerprint density at radius 1 is 0.267 bits per heavy atom. The molecule has 0 aromatic rings. The first kappa shape index (κ1) is 69.1. The minimum atomic E-state index is -5.32. The molecule has 0 saturated heterocycles. The van der Waals surface area contributed by atoms with Gasteiger partial charge in [0.05, 0.1) is 6.61 Å². The molecular weight excluding hydrogens is 997 g/mol. The Bertz CT molecular complexity index is 2150. The molecular formula is C51H84O24. The summed E-state index contributed by atoms with van der Waals surface area (Å²) in [4.78, 5) is 155. The molecule has 0 rings (SSSR count). The van der Waals surface area contributed by atoms with E-state index >= 15 is 33.6 Å². The van der Waals surface area contributed by atoms with Gasteiger partial charge in [-0.25, -0.2) is 43.2 Å². The van der Waals surface area contributed by atoms with Crippen LogP contribution in [0.2, 0.25) is 0 Å². The van der Waals surface area contributed by atoms with Gasteiger partial charge < -0.3 is 66.7 Å². The monoisotopic (exact) mass is 1080 g/mol. The quantitative estimate of drug-likeness (QED) is 0.0744. The van der Waals surface area contributed by atoms with Gasteiger partial charge in [-0.05, 0) is 187 Å². The molecule has 0 aliphatic rings. The summed E-state index contributed by atoms with van der Waals surface area (Å²) in [7, 11) is 0. The van der Waals surface area contributed by atoms with Gasteiger partial charge in [0.15, 0.2) is 0 Å². The van der Waals surface area contributed by atoms with Crippen molar-refractivity contribution in [3.63, 3.8) is 0 Å². The Labute approximate surface area is 440 Å². The smallest absolute Gasteiger partial charge is 0.457 e. The molecule has 0 unspecified atom stereocenters. The van der Waals surface area contributed by atoms with Gasteiger partial charge >= 0.3 is 77.1 Å². The second-order valence-corrected chi connectivity index (χ2v) is 26.1. The summed E-state index contributed by atoms with van der Waals surface area (Å²) in [6.45, 7) is 29.6. The molecule has 0 heterocycles. The van der Waals surface area contributed by atoms with Crippen LogP contribution in [0.25, 0.3) is 0 Å². The number of esters is 5. The van der Waals surface area contributed by atoms with E-state index in [2.05, 4.69) is 0 Å². The second kappa shape index (κ2) is 22.7. The van der Waals surface area contributed by atoms with Crippen molar-refractivity contribution in [2.24, 2.45) is 0 Å². The summed E-state index contributed by atoms with van der Waals surface area (Å²) in [5.41, 5.74) is -37.1. The van der Waals surface area contributed by atoms with Crippen LogP contribution in [0.15, 0.2) is 0 Å². The molecule has 432 valence electrons. The Kier molecular flexibility index (Phi) is 20.9. The van der Waals surface area contributed by atoms with Crippen LogP contribution >= 0.6 is 0 Å². The van der Waals surface area contributed by atoms with E-state index in [-0.39, 0.29) is 0 Å². The fraction of sp³-hybridized carbons (Fsp3) is 0.804. The number of aliphatic hydroxyl groups excluding tert-OH is 1. The van der Waals surface area contributed by atoms with Crippen molar-refractivity contribution in [3.05, 3.63) is 0 Å². The largest absolute Gasteiger partial charge is 0.510 e. The van der Waals surface area contributed by atoms with Crippen molar-refractivity contribution < 1.29 is 115 Å². The molecule has 0 amide bonds. The zero-order valence-corrected chi connectivity index (χ0v) is 49.0. The van der Waals surface area contributed by atoms with Crippen LogP contribution in [-0.4, -0.2) is 145 Å². The zero-order chi connectivity index (χ0) is 60.2. The summed E-state index contributed by atoms with van der Waals surface area (Å²) in [5, 5.41) is 12.2. The molecule has 0 spiro atoms. The van der Waals surface area contributed by atoms with Crippen molar-refractivity contribution in [3.8, 4) is 0 Å². The predicted molar refractivity (Wildman–Crippen MR) is 262 cm³/mol. The van der Waals surface area contributed by atoms with Gasteiger partial charge in [-0.2, -0.15) is 0 Å². The van der Waals surface area contributed by atoms with E-state index < -0.39 is 140 Å². The van der Waals surface area contributed by atoms with E-state index in [1.807, 2.05) is 0 Å². The van der Waals surface area contributed by atoms with Crippen molar-refractivity contribution in [1.29, 1.82) is 0 Å². The van der Waals surface area contributed by atoms with E-state index in [9.17, 15) is 19.5 Å². The molecule has 4 atom stereocenters. The van der Waals surface area contributed by atoms with Crippen molar-refractivity contribution in [1.82, 2.24) is 0 Å². The van der Waals surface area contributed by atoms with Gasteiger partial charge in [0.2, 0.25) is 0 Å². The lowest BCUT2D eigenvalue weighted by atomic mass is 9.60. The summed E-state index contributed by atoms with van der Waals surface area (Å²) in [5.74, 6) is -15.0. The van der Waals surface area contributed by atoms with Gasteiger partial charge in [-0.1, -0.05) is 0 Å². The van der Waals surface area contributed by atoms with Crippen LogP contribution in [0.5, 0.6) is 0 Å². The van der Waals surface area contributed by atoms with E-state index in [4.69, 9.17) is 61.6 Å². The number of ketones is 1. The Morgan fingerprint density at radius 3 is 0.800 bits per heavy atom. The number of Topliss-reactive ketones (excluding diaryl/α,β-unsaturated/α-hetero) is 1. The number of carbonyl (C=O) groups excluding carboxylic acids is 10. The maximum absolute atomic E-state index is 16.6. The van der Waals surface area contributed by atoms with Gasteiger partial charge in [0.25, 0.3) is 5.60 Å². The van der Waals surface area contributed by atoms with Gasteiger partial charge in [-0.3, -0.25) is 4.79 Å². The zero-order valence-electron chi connectivity index (χ0n) is 49.0. The van der Waals surface area contributed by atoms with Crippen LogP contribution < -0.4 is 0 Å². The Balaban J connectivity index is 12.0. The fourth-order valence-electron chi connectivity index (χ4n) is 6.01. The van der Waals surface area contributed by atoms with E-state index in [1.165, 1.54) is 125 Å². The summed E-state index contributed by atoms with van der Waals surface area (Å²) >= 11 is 0. The third-order valence-electron chi connectivity index (χ3n) is 8.00. The normalized spacial score (nSPS) is 16.2. The lowest BCUT2D eigenvalue weighted by Crippen LogP contribution is -2.90. The van der Waals surface area contributed by atoms with Crippen LogP contribution in [0.3, 0.4) is 0 Å². The molecule has 1 N–H and O–H groups in total. The second-order valence-electron chi connectivity index (χ2n) is 26.1. The molecule has 0 bridgehead atoms. The molecule has 75 heavy (non-hydrogen) atoms. The van der Waals surface area contributed by atoms with Crippen LogP contribution in [0, 0.1) is 0 Å². The maximum Gasteiger partial charge on any atom is 0.510 e. The minimum absolute atomic E-state index is 1.11. The number of hydrogen-bond donors (Lipinski definition) is 1. The molecule has 0 aromatic heterocycles. The molecule has 0 saturated carbocycles. The van der Waals surface area contributed by atoms with Crippen molar-refractivity contribution >= 4 is 60.3 Å². The van der Waals surface area contributed by atoms with Crippen molar-refractivity contribution in [2.75, 3.05) is 6.61 Å². The fourth-order valence-corrected chi connectivity index (χ4v) is 6.01. The molecule has 0 aliphatic carbocycles.